The molecule has 0 saturated carbocycles. The lowest BCUT2D eigenvalue weighted by Gasteiger charge is -2.31. The largest absolute Gasteiger partial charge is 0.508 e. The van der Waals surface area contributed by atoms with Crippen LogP contribution in [0.15, 0.2) is 18.2 Å². The van der Waals surface area contributed by atoms with Crippen molar-refractivity contribution in [1.29, 1.82) is 0 Å². The molecule has 0 aliphatic carbocycles. The number of nitrogens with one attached hydrogen (secondary N) is 1. The van der Waals surface area contributed by atoms with E-state index in [9.17, 15) is 10.2 Å². The van der Waals surface area contributed by atoms with Crippen LogP contribution in [0.5, 0.6) is 11.5 Å². The molecule has 2 rings (SSSR count). The van der Waals surface area contributed by atoms with Crippen LogP contribution in [0.1, 0.15) is 31.4 Å². The van der Waals surface area contributed by atoms with Gasteiger partial charge in [-0.3, -0.25) is 4.90 Å². The lowest BCUT2D eigenvalue weighted by Crippen LogP contribution is -2.38. The van der Waals surface area contributed by atoms with Gasteiger partial charge >= 0.3 is 0 Å². The summed E-state index contributed by atoms with van der Waals surface area (Å²) in [6, 6.07) is 5.59. The highest BCUT2D eigenvalue weighted by Crippen LogP contribution is 2.32. The van der Waals surface area contributed by atoms with Crippen molar-refractivity contribution in [3.05, 3.63) is 23.8 Å². The zero-order valence-electron chi connectivity index (χ0n) is 11.1. The average molecular weight is 250 g/mol. The molecule has 2 unspecified atom stereocenters. The third kappa shape index (κ3) is 2.76. The summed E-state index contributed by atoms with van der Waals surface area (Å²) >= 11 is 0. The van der Waals surface area contributed by atoms with E-state index in [2.05, 4.69) is 17.1 Å². The van der Waals surface area contributed by atoms with E-state index in [0.717, 1.165) is 18.7 Å². The molecule has 0 spiro atoms. The van der Waals surface area contributed by atoms with Crippen LogP contribution in [0.25, 0.3) is 0 Å². The van der Waals surface area contributed by atoms with Crippen molar-refractivity contribution in [2.45, 2.75) is 31.8 Å². The molecule has 1 saturated heterocycles. The van der Waals surface area contributed by atoms with Gasteiger partial charge < -0.3 is 15.5 Å². The van der Waals surface area contributed by atoms with E-state index in [1.54, 1.807) is 12.1 Å². The second-order valence-electron chi connectivity index (χ2n) is 5.05. The lowest BCUT2D eigenvalue weighted by molar-refractivity contribution is 0.190. The van der Waals surface area contributed by atoms with E-state index in [-0.39, 0.29) is 17.5 Å². The Morgan fingerprint density at radius 2 is 2.00 bits per heavy atom. The van der Waals surface area contributed by atoms with Crippen molar-refractivity contribution < 1.29 is 10.2 Å². The zero-order valence-corrected chi connectivity index (χ0v) is 11.1. The van der Waals surface area contributed by atoms with E-state index in [4.69, 9.17) is 0 Å². The maximum absolute atomic E-state index is 9.56. The topological polar surface area (TPSA) is 55.7 Å². The molecule has 1 heterocycles. The molecular weight excluding hydrogens is 228 g/mol. The number of nitrogens with zero attached hydrogens (tertiary/aromatic N) is 1. The van der Waals surface area contributed by atoms with Gasteiger partial charge in [0.2, 0.25) is 0 Å². The smallest absolute Gasteiger partial charge is 0.119 e. The SMILES string of the molecule is CNCC1CCCN1C(C)c1cc(O)cc(O)c1. The maximum Gasteiger partial charge on any atom is 0.119 e. The molecule has 0 bridgehead atoms. The molecule has 1 aliphatic rings. The predicted molar refractivity (Wildman–Crippen MR) is 71.8 cm³/mol. The number of phenolic OH excluding ortho intramolecular Hbond substituents is 2. The maximum atomic E-state index is 9.56. The molecule has 0 amide bonds. The Morgan fingerprint density at radius 1 is 1.33 bits per heavy atom. The summed E-state index contributed by atoms with van der Waals surface area (Å²) in [5, 5.41) is 22.4. The van der Waals surface area contributed by atoms with Gasteiger partial charge in [-0.15, -0.1) is 0 Å². The molecule has 1 fully saturated rings. The predicted octanol–water partition coefficient (Wildman–Crippen LogP) is 1.84. The zero-order chi connectivity index (χ0) is 13.1. The molecule has 1 aromatic rings. The van der Waals surface area contributed by atoms with Crippen LogP contribution < -0.4 is 5.32 Å². The summed E-state index contributed by atoms with van der Waals surface area (Å²) in [6.07, 6.45) is 2.41. The number of hydrogen-bond acceptors (Lipinski definition) is 4. The fraction of sp³-hybridized carbons (Fsp3) is 0.571. The number of phenols is 2. The highest BCUT2D eigenvalue weighted by molar-refractivity contribution is 5.38. The number of hydrogen-bond donors (Lipinski definition) is 3. The Kier molecular flexibility index (Phi) is 4.09. The standard InChI is InChI=1S/C14H22N2O2/c1-10(11-6-13(17)8-14(18)7-11)16-5-3-4-12(16)9-15-2/h6-8,10,12,15,17-18H,3-5,9H2,1-2H3. The van der Waals surface area contributed by atoms with E-state index in [1.165, 1.54) is 18.9 Å². The fourth-order valence-corrected chi connectivity index (χ4v) is 2.87. The number of aromatic hydroxyl groups is 2. The molecule has 2 atom stereocenters. The third-order valence-corrected chi connectivity index (χ3v) is 3.77. The van der Waals surface area contributed by atoms with Crippen LogP contribution in [0.3, 0.4) is 0 Å². The highest BCUT2D eigenvalue weighted by atomic mass is 16.3. The summed E-state index contributed by atoms with van der Waals surface area (Å²) in [7, 11) is 1.97. The van der Waals surface area contributed by atoms with Crippen molar-refractivity contribution in [2.75, 3.05) is 20.1 Å². The second-order valence-corrected chi connectivity index (χ2v) is 5.05. The number of likely N-dealkylation sites (tertiary alicyclic amines) is 1. The minimum absolute atomic E-state index is 0.126. The van der Waals surface area contributed by atoms with Crippen LogP contribution in [0.2, 0.25) is 0 Å². The summed E-state index contributed by atoms with van der Waals surface area (Å²) in [4.78, 5) is 2.44. The molecule has 18 heavy (non-hydrogen) atoms. The molecule has 4 nitrogen and oxygen atoms in total. The quantitative estimate of drug-likeness (QED) is 0.763. The minimum Gasteiger partial charge on any atom is -0.508 e. The van der Waals surface area contributed by atoms with E-state index >= 15 is 0 Å². The van der Waals surface area contributed by atoms with Crippen molar-refractivity contribution >= 4 is 0 Å². The van der Waals surface area contributed by atoms with E-state index < -0.39 is 0 Å². The summed E-state index contributed by atoms with van der Waals surface area (Å²) in [5.74, 6) is 0.252. The molecule has 100 valence electrons. The summed E-state index contributed by atoms with van der Waals surface area (Å²) in [6.45, 7) is 4.18. The fourth-order valence-electron chi connectivity index (χ4n) is 2.87. The van der Waals surface area contributed by atoms with Gasteiger partial charge in [0.1, 0.15) is 11.5 Å². The number of rotatable bonds is 4. The monoisotopic (exact) mass is 250 g/mol. The van der Waals surface area contributed by atoms with Gasteiger partial charge in [-0.2, -0.15) is 0 Å². The first-order valence-corrected chi connectivity index (χ1v) is 6.55. The van der Waals surface area contributed by atoms with Crippen molar-refractivity contribution in [2.24, 2.45) is 0 Å². The molecule has 0 radical (unpaired) electrons. The van der Waals surface area contributed by atoms with Gasteiger partial charge in [0, 0.05) is 24.7 Å². The van der Waals surface area contributed by atoms with Crippen molar-refractivity contribution in [3.8, 4) is 11.5 Å². The van der Waals surface area contributed by atoms with Crippen LogP contribution in [0, 0.1) is 0 Å². The Labute approximate surface area is 108 Å². The average Bonchev–Trinajstić information content (AvgIpc) is 2.75. The van der Waals surface area contributed by atoms with E-state index in [0.29, 0.717) is 6.04 Å². The lowest BCUT2D eigenvalue weighted by atomic mass is 10.0. The Hall–Kier alpha value is -1.26. The highest BCUT2D eigenvalue weighted by Gasteiger charge is 2.28. The molecular formula is C14H22N2O2. The van der Waals surface area contributed by atoms with Crippen LogP contribution in [-0.2, 0) is 0 Å². The van der Waals surface area contributed by atoms with E-state index in [1.807, 2.05) is 7.05 Å². The van der Waals surface area contributed by atoms with Crippen LogP contribution in [-0.4, -0.2) is 41.3 Å². The Morgan fingerprint density at radius 3 is 2.61 bits per heavy atom. The summed E-state index contributed by atoms with van der Waals surface area (Å²) < 4.78 is 0. The Bertz CT molecular complexity index is 389. The molecule has 1 aliphatic heterocycles. The first-order valence-electron chi connectivity index (χ1n) is 6.55. The summed E-state index contributed by atoms with van der Waals surface area (Å²) in [5.41, 5.74) is 0.968. The number of likely N-dealkylation sites (N-methyl/N-ethyl adjacent to an activating group) is 1. The second kappa shape index (κ2) is 5.59. The minimum atomic E-state index is 0.126. The first kappa shape index (κ1) is 13.2. The van der Waals surface area contributed by atoms with Gasteiger partial charge in [0.05, 0.1) is 0 Å². The van der Waals surface area contributed by atoms with Crippen molar-refractivity contribution in [3.63, 3.8) is 0 Å². The van der Waals surface area contributed by atoms with Gasteiger partial charge in [0.15, 0.2) is 0 Å². The molecule has 1 aromatic carbocycles. The van der Waals surface area contributed by atoms with Crippen molar-refractivity contribution in [1.82, 2.24) is 10.2 Å². The van der Waals surface area contributed by atoms with Crippen LogP contribution in [0.4, 0.5) is 0 Å². The molecule has 4 heteroatoms. The first-order chi connectivity index (χ1) is 8.61. The Balaban J connectivity index is 2.16. The van der Waals surface area contributed by atoms with Gasteiger partial charge in [-0.05, 0) is 51.1 Å². The normalized spacial score (nSPS) is 22.2. The van der Waals surface area contributed by atoms with Crippen LogP contribution >= 0.6 is 0 Å². The number of benzene rings is 1. The van der Waals surface area contributed by atoms with Gasteiger partial charge in [0.25, 0.3) is 0 Å². The van der Waals surface area contributed by atoms with Gasteiger partial charge in [-0.1, -0.05) is 0 Å². The third-order valence-electron chi connectivity index (χ3n) is 3.77. The van der Waals surface area contributed by atoms with Gasteiger partial charge in [-0.25, -0.2) is 0 Å². The molecule has 0 aromatic heterocycles. The molecule has 3 N–H and O–H groups in total.